The minimum atomic E-state index is -0.879. The van der Waals surface area contributed by atoms with E-state index in [4.69, 9.17) is 4.74 Å². The van der Waals surface area contributed by atoms with Gasteiger partial charge < -0.3 is 20.3 Å². The molecule has 226 valence electrons. The average molecular weight is 566 g/mol. The minimum absolute atomic E-state index is 0.174. The molecule has 0 heterocycles. The highest BCUT2D eigenvalue weighted by molar-refractivity contribution is 5.99. The van der Waals surface area contributed by atoms with Crippen molar-refractivity contribution >= 4 is 23.6 Å². The second-order valence-electron chi connectivity index (χ2n) is 12.2. The van der Waals surface area contributed by atoms with E-state index in [9.17, 15) is 14.4 Å². The van der Waals surface area contributed by atoms with Gasteiger partial charge in [-0.25, -0.2) is 4.79 Å². The normalized spacial score (nSPS) is 13.6. The van der Waals surface area contributed by atoms with Gasteiger partial charge in [-0.05, 0) is 76.6 Å². The number of unbranched alkanes of at least 4 members (excludes halogenated alkanes) is 3. The minimum Gasteiger partial charge on any atom is -0.444 e. The van der Waals surface area contributed by atoms with Gasteiger partial charge in [0.25, 0.3) is 5.91 Å². The predicted molar refractivity (Wildman–Crippen MR) is 167 cm³/mol. The van der Waals surface area contributed by atoms with Gasteiger partial charge in [-0.1, -0.05) is 88.4 Å². The van der Waals surface area contributed by atoms with Gasteiger partial charge in [0, 0.05) is 12.2 Å². The van der Waals surface area contributed by atoms with Crippen molar-refractivity contribution in [3.63, 3.8) is 0 Å². The Bertz CT molecular complexity index is 1170. The molecule has 2 rings (SSSR count). The number of ether oxygens (including phenoxy) is 1. The summed E-state index contributed by atoms with van der Waals surface area (Å²) in [6.45, 7) is 17.7. The van der Waals surface area contributed by atoms with Crippen LogP contribution >= 0.6 is 0 Å². The van der Waals surface area contributed by atoms with Crippen molar-refractivity contribution in [3.05, 3.63) is 64.7 Å². The lowest BCUT2D eigenvalue weighted by molar-refractivity contribution is -0.142. The Morgan fingerprint density at radius 1 is 0.927 bits per heavy atom. The Kier molecular flexibility index (Phi) is 12.9. The fraction of sp³-hybridized carbons (Fsp3) is 0.559. The van der Waals surface area contributed by atoms with Gasteiger partial charge >= 0.3 is 6.09 Å². The van der Waals surface area contributed by atoms with E-state index < -0.39 is 23.8 Å². The Balaban J connectivity index is 2.63. The quantitative estimate of drug-likeness (QED) is 0.244. The third kappa shape index (κ3) is 10.2. The van der Waals surface area contributed by atoms with Crippen molar-refractivity contribution in [2.75, 3.05) is 11.9 Å². The summed E-state index contributed by atoms with van der Waals surface area (Å²) in [5.74, 6) is -0.739. The van der Waals surface area contributed by atoms with Crippen LogP contribution in [0.25, 0.3) is 0 Å². The molecule has 3 atom stereocenters. The van der Waals surface area contributed by atoms with Crippen LogP contribution in [0.1, 0.15) is 102 Å². The van der Waals surface area contributed by atoms with E-state index >= 15 is 0 Å². The number of carbonyl (C=O) groups is 3. The molecule has 0 spiro atoms. The summed E-state index contributed by atoms with van der Waals surface area (Å²) in [6.07, 6.45) is 3.80. The number of hydrogen-bond acceptors (Lipinski definition) is 4. The fourth-order valence-electron chi connectivity index (χ4n) is 4.79. The van der Waals surface area contributed by atoms with Crippen molar-refractivity contribution in [2.45, 2.75) is 112 Å². The van der Waals surface area contributed by atoms with E-state index in [1.807, 2.05) is 77.1 Å². The maximum atomic E-state index is 14.5. The van der Waals surface area contributed by atoms with Crippen molar-refractivity contribution in [3.8, 4) is 0 Å². The SMILES string of the molecule is CCCCCCN(C(=O)C(NC(=O)OC(C)(C)C)C(C)CC)C(C(=O)Nc1ccccc1C)c1cc(C)ccc1C. The molecule has 0 saturated carbocycles. The summed E-state index contributed by atoms with van der Waals surface area (Å²) in [7, 11) is 0. The zero-order valence-electron chi connectivity index (χ0n) is 26.6. The number of hydrogen-bond donors (Lipinski definition) is 2. The Morgan fingerprint density at radius 3 is 2.22 bits per heavy atom. The molecule has 2 aromatic carbocycles. The van der Waals surface area contributed by atoms with E-state index in [-0.39, 0.29) is 17.7 Å². The van der Waals surface area contributed by atoms with Crippen LogP contribution < -0.4 is 10.6 Å². The summed E-state index contributed by atoms with van der Waals surface area (Å²) in [5.41, 5.74) is 3.64. The summed E-state index contributed by atoms with van der Waals surface area (Å²) in [4.78, 5) is 43.3. The second kappa shape index (κ2) is 15.6. The van der Waals surface area contributed by atoms with E-state index in [0.29, 0.717) is 18.7 Å². The molecule has 3 amide bonds. The van der Waals surface area contributed by atoms with Crippen molar-refractivity contribution in [1.82, 2.24) is 10.2 Å². The Labute approximate surface area is 247 Å². The molecular formula is C34H51N3O4. The van der Waals surface area contributed by atoms with Gasteiger partial charge in [-0.2, -0.15) is 0 Å². The van der Waals surface area contributed by atoms with Gasteiger partial charge in [0.1, 0.15) is 17.7 Å². The van der Waals surface area contributed by atoms with Gasteiger partial charge in [-0.15, -0.1) is 0 Å². The number of alkyl carbamates (subject to hydrolysis) is 1. The highest BCUT2D eigenvalue weighted by Gasteiger charge is 2.38. The number of amides is 3. The lowest BCUT2D eigenvalue weighted by Crippen LogP contribution is -2.55. The molecule has 3 unspecified atom stereocenters. The highest BCUT2D eigenvalue weighted by atomic mass is 16.6. The third-order valence-corrected chi connectivity index (χ3v) is 7.38. The monoisotopic (exact) mass is 565 g/mol. The van der Waals surface area contributed by atoms with E-state index in [2.05, 4.69) is 17.6 Å². The van der Waals surface area contributed by atoms with E-state index in [1.165, 1.54) is 0 Å². The molecule has 0 saturated heterocycles. The first kappa shape index (κ1) is 33.9. The largest absolute Gasteiger partial charge is 0.444 e. The molecule has 0 aliphatic carbocycles. The van der Waals surface area contributed by atoms with Crippen LogP contribution in [-0.2, 0) is 14.3 Å². The maximum absolute atomic E-state index is 14.5. The topological polar surface area (TPSA) is 87.7 Å². The number of para-hydroxylation sites is 1. The van der Waals surface area contributed by atoms with Crippen molar-refractivity contribution in [2.24, 2.45) is 5.92 Å². The molecule has 7 nitrogen and oxygen atoms in total. The van der Waals surface area contributed by atoms with Crippen LogP contribution in [0, 0.1) is 26.7 Å². The summed E-state index contributed by atoms with van der Waals surface area (Å²) in [5, 5.41) is 5.95. The molecule has 2 N–H and O–H groups in total. The van der Waals surface area contributed by atoms with Crippen molar-refractivity contribution in [1.29, 1.82) is 0 Å². The van der Waals surface area contributed by atoms with E-state index in [1.54, 1.807) is 25.7 Å². The average Bonchev–Trinajstić information content (AvgIpc) is 2.90. The molecule has 0 fully saturated rings. The molecule has 0 radical (unpaired) electrons. The predicted octanol–water partition coefficient (Wildman–Crippen LogP) is 7.64. The van der Waals surface area contributed by atoms with Crippen LogP contribution in [0.3, 0.4) is 0 Å². The Morgan fingerprint density at radius 2 is 1.61 bits per heavy atom. The van der Waals surface area contributed by atoms with Crippen LogP contribution in [0.5, 0.6) is 0 Å². The molecule has 0 aliphatic rings. The number of nitrogens with one attached hydrogen (secondary N) is 2. The Hall–Kier alpha value is -3.35. The lowest BCUT2D eigenvalue weighted by Gasteiger charge is -2.36. The highest BCUT2D eigenvalue weighted by Crippen LogP contribution is 2.30. The fourth-order valence-corrected chi connectivity index (χ4v) is 4.79. The van der Waals surface area contributed by atoms with Gasteiger partial charge in [0.2, 0.25) is 5.91 Å². The third-order valence-electron chi connectivity index (χ3n) is 7.38. The summed E-state index contributed by atoms with van der Waals surface area (Å²) >= 11 is 0. The van der Waals surface area contributed by atoms with Gasteiger partial charge in [-0.3, -0.25) is 9.59 Å². The first-order valence-electron chi connectivity index (χ1n) is 15.0. The molecule has 2 aromatic rings. The first-order chi connectivity index (χ1) is 19.3. The zero-order valence-corrected chi connectivity index (χ0v) is 26.6. The lowest BCUT2D eigenvalue weighted by atomic mass is 9.93. The smallest absolute Gasteiger partial charge is 0.408 e. The van der Waals surface area contributed by atoms with Crippen LogP contribution in [0.2, 0.25) is 0 Å². The van der Waals surface area contributed by atoms with Crippen molar-refractivity contribution < 1.29 is 19.1 Å². The number of aryl methyl sites for hydroxylation is 3. The summed E-state index contributed by atoms with van der Waals surface area (Å²) < 4.78 is 5.53. The number of anilines is 1. The molecule has 0 bridgehead atoms. The van der Waals surface area contributed by atoms with Crippen LogP contribution in [0.15, 0.2) is 42.5 Å². The standard InChI is InChI=1S/C34H51N3O4/c1-10-12-13-16-21-37(32(39)29(24(4)11-2)36-33(40)41-34(7,8)9)30(27-22-23(3)19-20-25(27)5)31(38)35-28-18-15-14-17-26(28)6/h14-15,17-20,22,24,29-30H,10-13,16,21H2,1-9H3,(H,35,38)(H,36,40). The number of benzene rings is 2. The maximum Gasteiger partial charge on any atom is 0.408 e. The molecule has 0 aliphatic heterocycles. The number of nitrogens with zero attached hydrogens (tertiary/aromatic N) is 1. The molecule has 7 heteroatoms. The van der Waals surface area contributed by atoms with Gasteiger partial charge in [0.15, 0.2) is 0 Å². The van der Waals surface area contributed by atoms with E-state index in [0.717, 1.165) is 47.9 Å². The van der Waals surface area contributed by atoms with Gasteiger partial charge in [0.05, 0.1) is 0 Å². The second-order valence-corrected chi connectivity index (χ2v) is 12.2. The summed E-state index contributed by atoms with van der Waals surface area (Å²) in [6, 6.07) is 11.9. The van der Waals surface area contributed by atoms with Crippen LogP contribution in [0.4, 0.5) is 10.5 Å². The van der Waals surface area contributed by atoms with Crippen LogP contribution in [-0.4, -0.2) is 41.0 Å². The zero-order chi connectivity index (χ0) is 30.7. The number of carbonyl (C=O) groups excluding carboxylic acids is 3. The molecule has 41 heavy (non-hydrogen) atoms. The number of rotatable bonds is 13. The molecule has 0 aromatic heterocycles. The first-order valence-corrected chi connectivity index (χ1v) is 15.0. The molecular weight excluding hydrogens is 514 g/mol.